The summed E-state index contributed by atoms with van der Waals surface area (Å²) in [6.45, 7) is 7.96. The summed E-state index contributed by atoms with van der Waals surface area (Å²) in [5.41, 5.74) is 0.198. The molecule has 0 spiro atoms. The highest BCUT2D eigenvalue weighted by molar-refractivity contribution is 5.10. The Hall–Kier alpha value is -0.940. The molecular formula is C13H21N3O2. The number of hydrogen-bond donors (Lipinski definition) is 1. The topological polar surface area (TPSA) is 60.2 Å². The van der Waals surface area contributed by atoms with Gasteiger partial charge in [0.05, 0.1) is 12.6 Å². The molecule has 1 aliphatic heterocycles. The Kier molecular flexibility index (Phi) is 2.90. The number of fused-ring (bicyclic) bond motifs is 1. The van der Waals surface area contributed by atoms with Gasteiger partial charge in [0.1, 0.15) is 0 Å². The first-order chi connectivity index (χ1) is 8.59. The third kappa shape index (κ3) is 1.86. The van der Waals surface area contributed by atoms with Crippen molar-refractivity contribution in [2.75, 3.05) is 6.61 Å². The fraction of sp³-hybridized carbons (Fsp3) is 0.846. The van der Waals surface area contributed by atoms with Gasteiger partial charge in [0.15, 0.2) is 5.82 Å². The minimum absolute atomic E-state index is 0.198. The molecule has 0 bridgehead atoms. The van der Waals surface area contributed by atoms with Gasteiger partial charge in [-0.15, -0.1) is 0 Å². The molecule has 2 fully saturated rings. The van der Waals surface area contributed by atoms with Gasteiger partial charge in [-0.2, -0.15) is 4.98 Å². The van der Waals surface area contributed by atoms with Crippen LogP contribution in [0.5, 0.6) is 0 Å². The lowest BCUT2D eigenvalue weighted by atomic mass is 9.55. The third-order valence-corrected chi connectivity index (χ3v) is 4.38. The summed E-state index contributed by atoms with van der Waals surface area (Å²) >= 11 is 0. The van der Waals surface area contributed by atoms with Crippen molar-refractivity contribution < 1.29 is 9.26 Å². The average Bonchev–Trinajstić information content (AvgIpc) is 2.75. The molecule has 2 heterocycles. The lowest BCUT2D eigenvalue weighted by molar-refractivity contribution is -0.193. The molecule has 1 aromatic rings. The van der Waals surface area contributed by atoms with Crippen LogP contribution in [-0.2, 0) is 11.3 Å². The number of aryl methyl sites for hydroxylation is 1. The maximum atomic E-state index is 5.89. The van der Waals surface area contributed by atoms with Gasteiger partial charge in [0.25, 0.3) is 0 Å². The fourth-order valence-corrected chi connectivity index (χ4v) is 3.55. The molecule has 0 radical (unpaired) electrons. The SMILES string of the molecule is Cc1nc(CNC2C3CCCOC3C2(C)C)no1. The smallest absolute Gasteiger partial charge is 0.223 e. The van der Waals surface area contributed by atoms with Gasteiger partial charge in [0.2, 0.25) is 5.89 Å². The fourth-order valence-electron chi connectivity index (χ4n) is 3.55. The normalized spacial score (nSPS) is 33.8. The molecule has 0 amide bonds. The Morgan fingerprint density at radius 3 is 3.00 bits per heavy atom. The molecule has 18 heavy (non-hydrogen) atoms. The lowest BCUT2D eigenvalue weighted by Crippen LogP contribution is -2.69. The summed E-state index contributed by atoms with van der Waals surface area (Å²) < 4.78 is 10.9. The molecule has 5 nitrogen and oxygen atoms in total. The number of aromatic nitrogens is 2. The summed E-state index contributed by atoms with van der Waals surface area (Å²) in [6, 6.07) is 0.488. The van der Waals surface area contributed by atoms with E-state index in [9.17, 15) is 0 Å². The largest absolute Gasteiger partial charge is 0.377 e. The summed E-state index contributed by atoms with van der Waals surface area (Å²) in [4.78, 5) is 4.22. The van der Waals surface area contributed by atoms with Crippen LogP contribution >= 0.6 is 0 Å². The van der Waals surface area contributed by atoms with E-state index in [1.165, 1.54) is 12.8 Å². The Morgan fingerprint density at radius 2 is 2.28 bits per heavy atom. The van der Waals surface area contributed by atoms with Gasteiger partial charge in [-0.3, -0.25) is 0 Å². The van der Waals surface area contributed by atoms with E-state index in [1.807, 2.05) is 6.92 Å². The van der Waals surface area contributed by atoms with Crippen LogP contribution in [0.1, 0.15) is 38.4 Å². The van der Waals surface area contributed by atoms with Crippen LogP contribution in [0.2, 0.25) is 0 Å². The molecule has 5 heteroatoms. The van der Waals surface area contributed by atoms with E-state index >= 15 is 0 Å². The standard InChI is InChI=1S/C13H21N3O2/c1-8-15-10(16-18-8)7-14-11-9-5-4-6-17-12(9)13(11,2)3/h9,11-12,14H,4-7H2,1-3H3. The van der Waals surface area contributed by atoms with Gasteiger partial charge >= 0.3 is 0 Å². The monoisotopic (exact) mass is 251 g/mol. The molecule has 1 aliphatic carbocycles. The zero-order valence-corrected chi connectivity index (χ0v) is 11.3. The van der Waals surface area contributed by atoms with Crippen LogP contribution in [0.3, 0.4) is 0 Å². The summed E-state index contributed by atoms with van der Waals surface area (Å²) in [5.74, 6) is 2.00. The molecule has 2 aliphatic rings. The number of hydrogen-bond acceptors (Lipinski definition) is 5. The quantitative estimate of drug-likeness (QED) is 0.885. The van der Waals surface area contributed by atoms with Gasteiger partial charge in [0, 0.05) is 30.9 Å². The van der Waals surface area contributed by atoms with Gasteiger partial charge in [-0.25, -0.2) is 0 Å². The lowest BCUT2D eigenvalue weighted by Gasteiger charge is -2.60. The highest BCUT2D eigenvalue weighted by Crippen LogP contribution is 2.51. The molecule has 1 aromatic heterocycles. The van der Waals surface area contributed by atoms with Crippen LogP contribution in [0.4, 0.5) is 0 Å². The van der Waals surface area contributed by atoms with Gasteiger partial charge in [-0.05, 0) is 12.8 Å². The van der Waals surface area contributed by atoms with E-state index in [2.05, 4.69) is 29.3 Å². The molecule has 0 aromatic carbocycles. The maximum absolute atomic E-state index is 5.89. The van der Waals surface area contributed by atoms with E-state index in [0.29, 0.717) is 30.5 Å². The van der Waals surface area contributed by atoms with Gasteiger partial charge in [-0.1, -0.05) is 19.0 Å². The van der Waals surface area contributed by atoms with Crippen molar-refractivity contribution in [1.29, 1.82) is 0 Å². The van der Waals surface area contributed by atoms with Crippen LogP contribution in [0, 0.1) is 18.3 Å². The first kappa shape index (κ1) is 12.1. The Labute approximate surface area is 107 Å². The van der Waals surface area contributed by atoms with Crippen molar-refractivity contribution in [2.45, 2.75) is 52.3 Å². The van der Waals surface area contributed by atoms with Crippen molar-refractivity contribution in [3.63, 3.8) is 0 Å². The first-order valence-corrected chi connectivity index (χ1v) is 6.73. The second kappa shape index (κ2) is 4.31. The zero-order valence-electron chi connectivity index (χ0n) is 11.3. The molecule has 3 atom stereocenters. The molecular weight excluding hydrogens is 230 g/mol. The Balaban J connectivity index is 1.62. The highest BCUT2D eigenvalue weighted by Gasteiger charge is 2.57. The van der Waals surface area contributed by atoms with Crippen molar-refractivity contribution in [2.24, 2.45) is 11.3 Å². The van der Waals surface area contributed by atoms with E-state index in [4.69, 9.17) is 9.26 Å². The molecule has 3 unspecified atom stereocenters. The van der Waals surface area contributed by atoms with E-state index in [0.717, 1.165) is 12.4 Å². The summed E-state index contributed by atoms with van der Waals surface area (Å²) in [6.07, 6.45) is 2.85. The van der Waals surface area contributed by atoms with Gasteiger partial charge < -0.3 is 14.6 Å². The van der Waals surface area contributed by atoms with Crippen LogP contribution in [0.15, 0.2) is 4.52 Å². The number of nitrogens with zero attached hydrogens (tertiary/aromatic N) is 2. The third-order valence-electron chi connectivity index (χ3n) is 4.38. The van der Waals surface area contributed by atoms with Crippen LogP contribution in [-0.4, -0.2) is 28.9 Å². The molecule has 1 saturated heterocycles. The molecule has 3 rings (SSSR count). The average molecular weight is 251 g/mol. The highest BCUT2D eigenvalue weighted by atomic mass is 16.5. The predicted octanol–water partition coefficient (Wildman–Crippen LogP) is 1.67. The number of rotatable bonds is 3. The maximum Gasteiger partial charge on any atom is 0.223 e. The first-order valence-electron chi connectivity index (χ1n) is 6.73. The minimum Gasteiger partial charge on any atom is -0.377 e. The van der Waals surface area contributed by atoms with Crippen molar-refractivity contribution in [3.05, 3.63) is 11.7 Å². The second-order valence-corrected chi connectivity index (χ2v) is 6.01. The number of ether oxygens (including phenoxy) is 1. The molecule has 1 N–H and O–H groups in total. The summed E-state index contributed by atoms with van der Waals surface area (Å²) in [5, 5.41) is 7.49. The van der Waals surface area contributed by atoms with E-state index in [-0.39, 0.29) is 5.41 Å². The Morgan fingerprint density at radius 1 is 1.44 bits per heavy atom. The number of nitrogens with one attached hydrogen (secondary N) is 1. The van der Waals surface area contributed by atoms with Crippen molar-refractivity contribution >= 4 is 0 Å². The predicted molar refractivity (Wildman–Crippen MR) is 65.9 cm³/mol. The second-order valence-electron chi connectivity index (χ2n) is 6.01. The van der Waals surface area contributed by atoms with Crippen LogP contribution in [0.25, 0.3) is 0 Å². The van der Waals surface area contributed by atoms with Crippen LogP contribution < -0.4 is 5.32 Å². The molecule has 100 valence electrons. The summed E-state index contributed by atoms with van der Waals surface area (Å²) in [7, 11) is 0. The van der Waals surface area contributed by atoms with E-state index in [1.54, 1.807) is 0 Å². The zero-order chi connectivity index (χ0) is 12.8. The van der Waals surface area contributed by atoms with E-state index < -0.39 is 0 Å². The Bertz CT molecular complexity index is 430. The van der Waals surface area contributed by atoms with Crippen molar-refractivity contribution in [3.8, 4) is 0 Å². The minimum atomic E-state index is 0.198. The van der Waals surface area contributed by atoms with Crippen molar-refractivity contribution in [1.82, 2.24) is 15.5 Å². The molecule has 1 saturated carbocycles.